The zero-order chi connectivity index (χ0) is 33.7. The van der Waals surface area contributed by atoms with Crippen LogP contribution in [-0.2, 0) is 19.1 Å². The Morgan fingerprint density at radius 2 is 1.62 bits per heavy atom. The maximum absolute atomic E-state index is 12.9. The molecule has 7 heterocycles. The second-order valence-corrected chi connectivity index (χ2v) is 11.3. The van der Waals surface area contributed by atoms with E-state index in [4.69, 9.17) is 20.9 Å². The molecular formula is C27H29N13O8. The first-order valence-electron chi connectivity index (χ1n) is 14.6. The third kappa shape index (κ3) is 5.56. The highest BCUT2D eigenvalue weighted by atomic mass is 16.6. The summed E-state index contributed by atoms with van der Waals surface area (Å²) in [6.07, 6.45) is -5.52. The molecule has 2 bridgehead atoms. The molecule has 0 unspecified atom stereocenters. The molecular weight excluding hydrogens is 634 g/mol. The van der Waals surface area contributed by atoms with Gasteiger partial charge in [0, 0.05) is 12.8 Å². The lowest BCUT2D eigenvalue weighted by molar-refractivity contribution is -0.126. The zero-order valence-electron chi connectivity index (χ0n) is 24.8. The number of carbonyl (C=O) groups is 2. The number of nitrogens with one attached hydrogen (secondary N) is 1. The molecule has 4 aromatic heterocycles. The number of nitrogens with two attached hydrogens (primary N) is 2. The average Bonchev–Trinajstić information content (AvgIpc) is 3.80. The molecule has 7 rings (SSSR count). The monoisotopic (exact) mass is 663 g/mol. The summed E-state index contributed by atoms with van der Waals surface area (Å²) in [6, 6.07) is 0. The van der Waals surface area contributed by atoms with Crippen LogP contribution in [0.15, 0.2) is 24.0 Å². The minimum Gasteiger partial charge on any atom is -0.387 e. The van der Waals surface area contributed by atoms with E-state index in [1.54, 1.807) is 0 Å². The first-order chi connectivity index (χ1) is 23.1. The number of carbonyl (C=O) groups excluding carboxylic acids is 2. The molecule has 48 heavy (non-hydrogen) atoms. The van der Waals surface area contributed by atoms with Gasteiger partial charge >= 0.3 is 0 Å². The minimum atomic E-state index is -1.51. The van der Waals surface area contributed by atoms with Gasteiger partial charge in [0.15, 0.2) is 46.7 Å². The molecule has 0 aliphatic carbocycles. The van der Waals surface area contributed by atoms with Crippen LogP contribution in [0.2, 0.25) is 0 Å². The number of hydrogen-bond acceptors (Lipinski definition) is 17. The van der Waals surface area contributed by atoms with Gasteiger partial charge in [0.25, 0.3) is 5.91 Å². The number of nitrogens with zero attached hydrogens (tertiary/aromatic N) is 10. The SMILES string of the molecule is Nc1ncnc2c1ncn2[C@@H]1O[C@H](CN2CC#Cc3nc4c(N)ncnc4n3[C@@H]3O[C@H](C=NC(=O)CNC(=O)C2)[C@@H](O)[C@H]3O)[C@@H](O)[C@H]1O. The van der Waals surface area contributed by atoms with Crippen molar-refractivity contribution in [2.24, 2.45) is 4.99 Å². The second-order valence-electron chi connectivity index (χ2n) is 11.3. The number of aliphatic imine (C=N–C) groups is 1. The maximum Gasteiger partial charge on any atom is 0.264 e. The van der Waals surface area contributed by atoms with Gasteiger partial charge in [-0.1, -0.05) is 5.92 Å². The maximum atomic E-state index is 12.9. The summed E-state index contributed by atoms with van der Waals surface area (Å²) in [4.78, 5) is 55.5. The number of anilines is 2. The van der Waals surface area contributed by atoms with Gasteiger partial charge in [-0.25, -0.2) is 34.9 Å². The van der Waals surface area contributed by atoms with Crippen molar-refractivity contribution in [3.05, 3.63) is 24.8 Å². The van der Waals surface area contributed by atoms with Crippen LogP contribution in [0.3, 0.4) is 0 Å². The molecule has 0 saturated carbocycles. The molecule has 4 aromatic rings. The van der Waals surface area contributed by atoms with Crippen LogP contribution in [0.4, 0.5) is 11.6 Å². The fourth-order valence-electron chi connectivity index (χ4n) is 5.75. The Labute approximate surface area is 269 Å². The van der Waals surface area contributed by atoms with Crippen LogP contribution >= 0.6 is 0 Å². The van der Waals surface area contributed by atoms with Crippen molar-refractivity contribution >= 4 is 52.0 Å². The molecule has 21 heteroatoms. The van der Waals surface area contributed by atoms with Gasteiger partial charge in [0.05, 0.1) is 26.0 Å². The second kappa shape index (κ2) is 12.4. The van der Waals surface area contributed by atoms with Crippen LogP contribution in [-0.4, -0.2) is 145 Å². The molecule has 9 N–H and O–H groups in total. The van der Waals surface area contributed by atoms with E-state index in [0.717, 1.165) is 6.21 Å². The summed E-state index contributed by atoms with van der Waals surface area (Å²) in [6.45, 7) is -0.968. The van der Waals surface area contributed by atoms with Crippen LogP contribution in [0.25, 0.3) is 22.3 Å². The first-order valence-corrected chi connectivity index (χ1v) is 14.6. The smallest absolute Gasteiger partial charge is 0.264 e. The van der Waals surface area contributed by atoms with E-state index in [1.165, 1.54) is 33.0 Å². The predicted molar refractivity (Wildman–Crippen MR) is 161 cm³/mol. The van der Waals surface area contributed by atoms with Crippen LogP contribution in [0.5, 0.6) is 0 Å². The predicted octanol–water partition coefficient (Wildman–Crippen LogP) is -4.55. The van der Waals surface area contributed by atoms with Crippen molar-refractivity contribution in [3.63, 3.8) is 0 Å². The summed E-state index contributed by atoms with van der Waals surface area (Å²) in [7, 11) is 0. The Kier molecular flexibility index (Phi) is 8.13. The van der Waals surface area contributed by atoms with E-state index < -0.39 is 67.4 Å². The largest absolute Gasteiger partial charge is 0.387 e. The average molecular weight is 664 g/mol. The quantitative estimate of drug-likeness (QED) is 0.102. The fraction of sp³-hybridized carbons (Fsp3) is 0.444. The van der Waals surface area contributed by atoms with Crippen molar-refractivity contribution in [3.8, 4) is 11.8 Å². The third-order valence-corrected chi connectivity index (χ3v) is 8.14. The van der Waals surface area contributed by atoms with Gasteiger partial charge in [-0.2, -0.15) is 0 Å². The number of hydrogen-bond donors (Lipinski definition) is 7. The summed E-state index contributed by atoms with van der Waals surface area (Å²) >= 11 is 0. The lowest BCUT2D eigenvalue weighted by Crippen LogP contribution is -2.45. The Hall–Kier alpha value is -5.21. The molecule has 0 spiro atoms. The highest BCUT2D eigenvalue weighted by Crippen LogP contribution is 2.34. The molecule has 21 nitrogen and oxygen atoms in total. The molecule has 2 fully saturated rings. The van der Waals surface area contributed by atoms with Gasteiger partial charge < -0.3 is 46.7 Å². The van der Waals surface area contributed by atoms with Gasteiger partial charge in [-0.15, -0.1) is 0 Å². The summed E-state index contributed by atoms with van der Waals surface area (Å²) in [5, 5.41) is 46.0. The number of rotatable bonds is 3. The van der Waals surface area contributed by atoms with Gasteiger partial charge in [0.1, 0.15) is 54.8 Å². The third-order valence-electron chi connectivity index (χ3n) is 8.14. The number of nitrogen functional groups attached to an aromatic ring is 2. The van der Waals surface area contributed by atoms with Crippen molar-refractivity contribution < 1.29 is 39.5 Å². The highest BCUT2D eigenvalue weighted by Gasteiger charge is 2.46. The van der Waals surface area contributed by atoms with E-state index in [2.05, 4.69) is 52.1 Å². The van der Waals surface area contributed by atoms with Crippen molar-refractivity contribution in [2.75, 3.05) is 37.6 Å². The highest BCUT2D eigenvalue weighted by molar-refractivity contribution is 5.91. The van der Waals surface area contributed by atoms with E-state index in [-0.39, 0.29) is 59.4 Å². The number of aliphatic hydroxyl groups excluding tert-OH is 4. The van der Waals surface area contributed by atoms with E-state index in [0.29, 0.717) is 0 Å². The number of fused-ring (bicyclic) bond motifs is 7. The van der Waals surface area contributed by atoms with Gasteiger partial charge in [0.2, 0.25) is 5.91 Å². The van der Waals surface area contributed by atoms with Gasteiger partial charge in [-0.3, -0.25) is 23.6 Å². The van der Waals surface area contributed by atoms with Crippen LogP contribution < -0.4 is 16.8 Å². The minimum absolute atomic E-state index is 0.0306. The lowest BCUT2D eigenvalue weighted by atomic mass is 10.1. The summed E-state index contributed by atoms with van der Waals surface area (Å²) < 4.78 is 14.7. The molecule has 2 amide bonds. The van der Waals surface area contributed by atoms with Crippen LogP contribution in [0, 0.1) is 11.8 Å². The van der Waals surface area contributed by atoms with Crippen molar-refractivity contribution in [2.45, 2.75) is 49.1 Å². The zero-order valence-corrected chi connectivity index (χ0v) is 24.8. The molecule has 3 aliphatic rings. The molecule has 250 valence electrons. The normalized spacial score (nSPS) is 30.0. The fourth-order valence-corrected chi connectivity index (χ4v) is 5.75. The molecule has 2 saturated heterocycles. The Bertz CT molecular complexity index is 1990. The molecule has 0 radical (unpaired) electrons. The molecule has 3 aliphatic heterocycles. The Balaban J connectivity index is 1.20. The number of amides is 2. The lowest BCUT2D eigenvalue weighted by Gasteiger charge is -2.24. The summed E-state index contributed by atoms with van der Waals surface area (Å²) in [5.74, 6) is 4.68. The van der Waals surface area contributed by atoms with Crippen molar-refractivity contribution in [1.82, 2.24) is 49.3 Å². The topological polar surface area (TPSA) is 300 Å². The van der Waals surface area contributed by atoms with Gasteiger partial charge in [-0.05, 0) is 5.92 Å². The molecule has 8 atom stereocenters. The first kappa shape index (κ1) is 31.4. The van der Waals surface area contributed by atoms with Crippen LogP contribution in [0.1, 0.15) is 18.3 Å². The standard InChI is InChI=1S/C27H29N13O8/c28-22-16-24(34-8-32-22)39(10-36-16)26-20(45)19(44)12(48-26)6-38-3-1-2-13-37-17-23(29)33-9-35-25(17)40(13)27-21(46)18(43)11(47-27)4-30-14(41)5-31-15(42)7-38/h4,8-12,18-21,26-27,43-46H,3,5-7H2,(H,31,42)(H2,28,32,34)(H2,29,33,35)/t11-,12-,18-,19-,20-,21-,26-,27-/m1/s1. The van der Waals surface area contributed by atoms with E-state index in [1.807, 2.05) is 0 Å². The number of aliphatic hydroxyl groups is 4. The van der Waals surface area contributed by atoms with E-state index >= 15 is 0 Å². The van der Waals surface area contributed by atoms with Crippen molar-refractivity contribution in [1.29, 1.82) is 0 Å². The number of aromatic nitrogens is 8. The number of ether oxygens (including phenoxy) is 2. The Morgan fingerprint density at radius 1 is 0.896 bits per heavy atom. The Morgan fingerprint density at radius 3 is 2.42 bits per heavy atom. The van der Waals surface area contributed by atoms with E-state index in [9.17, 15) is 30.0 Å². The molecule has 0 aromatic carbocycles. The summed E-state index contributed by atoms with van der Waals surface area (Å²) in [5.41, 5.74) is 12.8. The number of imidazole rings is 2.